The number of pyridine rings is 1. The third kappa shape index (κ3) is 1.58. The number of hydrogen-bond donors (Lipinski definition) is 1. The predicted octanol–water partition coefficient (Wildman–Crippen LogP) is 1.11. The van der Waals surface area contributed by atoms with E-state index in [-0.39, 0.29) is 0 Å². The van der Waals surface area contributed by atoms with E-state index < -0.39 is 0 Å². The van der Waals surface area contributed by atoms with E-state index in [1.807, 2.05) is 24.1 Å². The van der Waals surface area contributed by atoms with E-state index in [4.69, 9.17) is 10.6 Å². The third-order valence-corrected chi connectivity index (χ3v) is 2.12. The van der Waals surface area contributed by atoms with Gasteiger partial charge in [-0.2, -0.15) is 0 Å². The molecule has 70 valence electrons. The number of hydrogen-bond acceptors (Lipinski definition) is 4. The number of hydroxylamine groups is 1. The molecule has 2 rings (SSSR count). The summed E-state index contributed by atoms with van der Waals surface area (Å²) in [6, 6.07) is 3.74. The van der Waals surface area contributed by atoms with E-state index in [0.717, 1.165) is 36.8 Å². The summed E-state index contributed by atoms with van der Waals surface area (Å²) in [4.78, 5) is 9.69. The second kappa shape index (κ2) is 3.22. The van der Waals surface area contributed by atoms with Crippen LogP contribution in [0.3, 0.4) is 0 Å². The minimum absolute atomic E-state index is 0.725. The van der Waals surface area contributed by atoms with Gasteiger partial charge in [-0.15, -0.1) is 0 Å². The van der Waals surface area contributed by atoms with Crippen LogP contribution < -0.4 is 10.8 Å². The molecule has 2 N–H and O–H groups in total. The van der Waals surface area contributed by atoms with E-state index in [2.05, 4.69) is 4.98 Å². The Morgan fingerprint density at radius 3 is 3.00 bits per heavy atom. The topological polar surface area (TPSA) is 51.4 Å². The Kier molecular flexibility index (Phi) is 2.06. The minimum atomic E-state index is 0.725. The van der Waals surface area contributed by atoms with Crippen molar-refractivity contribution < 1.29 is 4.84 Å². The van der Waals surface area contributed by atoms with Crippen molar-refractivity contribution in [1.82, 2.24) is 4.98 Å². The van der Waals surface area contributed by atoms with Crippen molar-refractivity contribution in [2.75, 3.05) is 23.9 Å². The highest BCUT2D eigenvalue weighted by Crippen LogP contribution is 2.19. The molecule has 4 heteroatoms. The fourth-order valence-corrected chi connectivity index (χ4v) is 1.33. The van der Waals surface area contributed by atoms with Crippen molar-refractivity contribution in [3.63, 3.8) is 0 Å². The zero-order chi connectivity index (χ0) is 9.26. The van der Waals surface area contributed by atoms with Crippen LogP contribution in [0.4, 0.5) is 11.5 Å². The molecule has 1 fully saturated rings. The van der Waals surface area contributed by atoms with Crippen LogP contribution in [0, 0.1) is 6.92 Å². The van der Waals surface area contributed by atoms with Gasteiger partial charge < -0.3 is 5.73 Å². The van der Waals surface area contributed by atoms with Gasteiger partial charge in [0.05, 0.1) is 18.0 Å². The average molecular weight is 179 g/mol. The summed E-state index contributed by atoms with van der Waals surface area (Å²) in [5.41, 5.74) is 7.25. The summed E-state index contributed by atoms with van der Waals surface area (Å²) in [7, 11) is 0. The fraction of sp³-hybridized carbons (Fsp3) is 0.444. The van der Waals surface area contributed by atoms with Crippen LogP contribution in [-0.4, -0.2) is 18.1 Å². The number of aromatic nitrogens is 1. The zero-order valence-corrected chi connectivity index (χ0v) is 7.66. The summed E-state index contributed by atoms with van der Waals surface area (Å²) >= 11 is 0. The molecule has 0 bridgehead atoms. The molecule has 1 aliphatic rings. The molecule has 0 radical (unpaired) electrons. The lowest BCUT2D eigenvalue weighted by molar-refractivity contribution is 0.166. The lowest BCUT2D eigenvalue weighted by atomic mass is 10.3. The SMILES string of the molecule is Cc1nc(N2CCCO2)ccc1N. The summed E-state index contributed by atoms with van der Waals surface area (Å²) in [6.07, 6.45) is 1.06. The molecule has 0 spiro atoms. The predicted molar refractivity (Wildman–Crippen MR) is 51.3 cm³/mol. The van der Waals surface area contributed by atoms with Gasteiger partial charge >= 0.3 is 0 Å². The molecule has 1 aromatic heterocycles. The first kappa shape index (κ1) is 8.31. The lowest BCUT2D eigenvalue weighted by Gasteiger charge is -2.15. The molecule has 1 aliphatic heterocycles. The molecule has 4 nitrogen and oxygen atoms in total. The maximum absolute atomic E-state index is 5.67. The molecular weight excluding hydrogens is 166 g/mol. The Labute approximate surface area is 77.3 Å². The maximum atomic E-state index is 5.67. The van der Waals surface area contributed by atoms with E-state index in [9.17, 15) is 0 Å². The average Bonchev–Trinajstić information content (AvgIpc) is 2.62. The number of nitrogen functional groups attached to an aromatic ring is 1. The Bertz CT molecular complexity index is 308. The van der Waals surface area contributed by atoms with Crippen LogP contribution in [0.25, 0.3) is 0 Å². The highest BCUT2D eigenvalue weighted by atomic mass is 16.7. The number of rotatable bonds is 1. The first-order valence-electron chi connectivity index (χ1n) is 4.41. The number of anilines is 2. The smallest absolute Gasteiger partial charge is 0.152 e. The number of nitrogens with zero attached hydrogens (tertiary/aromatic N) is 2. The van der Waals surface area contributed by atoms with Crippen molar-refractivity contribution >= 4 is 11.5 Å². The molecule has 1 saturated heterocycles. The van der Waals surface area contributed by atoms with Crippen LogP contribution >= 0.6 is 0 Å². The van der Waals surface area contributed by atoms with Crippen LogP contribution in [0.1, 0.15) is 12.1 Å². The van der Waals surface area contributed by atoms with Gasteiger partial charge in [0.15, 0.2) is 5.82 Å². The van der Waals surface area contributed by atoms with Gasteiger partial charge in [0.25, 0.3) is 0 Å². The molecule has 1 aromatic rings. The Morgan fingerprint density at radius 2 is 2.38 bits per heavy atom. The Morgan fingerprint density at radius 1 is 1.54 bits per heavy atom. The Hall–Kier alpha value is -1.29. The molecule has 0 amide bonds. The van der Waals surface area contributed by atoms with Crippen molar-refractivity contribution in [1.29, 1.82) is 0 Å². The minimum Gasteiger partial charge on any atom is -0.397 e. The zero-order valence-electron chi connectivity index (χ0n) is 7.66. The highest BCUT2D eigenvalue weighted by molar-refractivity contribution is 5.49. The van der Waals surface area contributed by atoms with E-state index in [0.29, 0.717) is 0 Å². The van der Waals surface area contributed by atoms with Gasteiger partial charge in [0.1, 0.15) is 0 Å². The van der Waals surface area contributed by atoms with Gasteiger partial charge in [-0.1, -0.05) is 0 Å². The molecule has 0 unspecified atom stereocenters. The van der Waals surface area contributed by atoms with Gasteiger partial charge in [-0.25, -0.2) is 10.0 Å². The first-order valence-corrected chi connectivity index (χ1v) is 4.41. The number of aryl methyl sites for hydroxylation is 1. The first-order chi connectivity index (χ1) is 6.27. The largest absolute Gasteiger partial charge is 0.397 e. The lowest BCUT2D eigenvalue weighted by Crippen LogP contribution is -2.17. The molecule has 0 atom stereocenters. The van der Waals surface area contributed by atoms with Gasteiger partial charge in [0.2, 0.25) is 0 Å². The van der Waals surface area contributed by atoms with Gasteiger partial charge in [-0.05, 0) is 25.5 Å². The maximum Gasteiger partial charge on any atom is 0.152 e. The van der Waals surface area contributed by atoms with Gasteiger partial charge in [-0.3, -0.25) is 4.84 Å². The Balaban J connectivity index is 2.25. The van der Waals surface area contributed by atoms with Crippen molar-refractivity contribution in [3.05, 3.63) is 17.8 Å². The second-order valence-corrected chi connectivity index (χ2v) is 3.13. The van der Waals surface area contributed by atoms with Crippen LogP contribution in [0.2, 0.25) is 0 Å². The second-order valence-electron chi connectivity index (χ2n) is 3.13. The molecule has 13 heavy (non-hydrogen) atoms. The summed E-state index contributed by atoms with van der Waals surface area (Å²) in [5.74, 6) is 0.851. The van der Waals surface area contributed by atoms with Crippen LogP contribution in [-0.2, 0) is 4.84 Å². The third-order valence-electron chi connectivity index (χ3n) is 2.12. The molecular formula is C9H13N3O. The monoisotopic (exact) mass is 179 g/mol. The van der Waals surface area contributed by atoms with Crippen molar-refractivity contribution in [3.8, 4) is 0 Å². The molecule has 0 aliphatic carbocycles. The molecule has 2 heterocycles. The van der Waals surface area contributed by atoms with Crippen molar-refractivity contribution in [2.45, 2.75) is 13.3 Å². The standard InChI is InChI=1S/C9H13N3O/c1-7-8(10)3-4-9(11-7)12-5-2-6-13-12/h3-4H,2,5-6,10H2,1H3. The van der Waals surface area contributed by atoms with E-state index >= 15 is 0 Å². The quantitative estimate of drug-likeness (QED) is 0.701. The molecule has 0 aromatic carbocycles. The van der Waals surface area contributed by atoms with Crippen LogP contribution in [0.15, 0.2) is 12.1 Å². The normalized spacial score (nSPS) is 16.5. The highest BCUT2D eigenvalue weighted by Gasteiger charge is 2.14. The van der Waals surface area contributed by atoms with E-state index in [1.54, 1.807) is 0 Å². The summed E-state index contributed by atoms with van der Waals surface area (Å²) < 4.78 is 0. The van der Waals surface area contributed by atoms with Crippen LogP contribution in [0.5, 0.6) is 0 Å². The summed E-state index contributed by atoms with van der Waals surface area (Å²) in [6.45, 7) is 3.59. The fourth-order valence-electron chi connectivity index (χ4n) is 1.33. The van der Waals surface area contributed by atoms with E-state index in [1.165, 1.54) is 0 Å². The molecule has 0 saturated carbocycles. The van der Waals surface area contributed by atoms with Gasteiger partial charge in [0, 0.05) is 6.54 Å². The van der Waals surface area contributed by atoms with Crippen molar-refractivity contribution in [2.24, 2.45) is 0 Å². The number of nitrogens with two attached hydrogens (primary N) is 1. The summed E-state index contributed by atoms with van der Waals surface area (Å²) in [5, 5.41) is 1.81.